The van der Waals surface area contributed by atoms with Crippen LogP contribution in [0.15, 0.2) is 40.1 Å². The Morgan fingerprint density at radius 2 is 2.05 bits per heavy atom. The van der Waals surface area contributed by atoms with Crippen molar-refractivity contribution in [1.29, 1.82) is 0 Å². The number of carbonyl (C=O) groups is 1. The van der Waals surface area contributed by atoms with Crippen LogP contribution in [0.3, 0.4) is 0 Å². The fourth-order valence-electron chi connectivity index (χ4n) is 1.72. The van der Waals surface area contributed by atoms with Gasteiger partial charge in [-0.2, -0.15) is 0 Å². The van der Waals surface area contributed by atoms with E-state index in [2.05, 4.69) is 6.58 Å². The molecule has 0 aliphatic carbocycles. The molecule has 0 bridgehead atoms. The maximum absolute atomic E-state index is 11.3. The second-order valence-electron chi connectivity index (χ2n) is 3.87. The fourth-order valence-corrected chi connectivity index (χ4v) is 1.72. The van der Waals surface area contributed by atoms with Gasteiger partial charge < -0.3 is 13.9 Å². The molecule has 0 amide bonds. The molecule has 1 aromatic heterocycles. The number of carbonyl (C=O) groups excluding carboxylic acids is 1. The van der Waals surface area contributed by atoms with Crippen molar-refractivity contribution in [3.8, 4) is 11.5 Å². The average Bonchev–Trinajstić information content (AvgIpc) is 2.38. The van der Waals surface area contributed by atoms with E-state index in [1.54, 1.807) is 13.0 Å². The van der Waals surface area contributed by atoms with Crippen molar-refractivity contribution in [2.75, 3.05) is 7.11 Å². The van der Waals surface area contributed by atoms with Gasteiger partial charge in [0.25, 0.3) is 0 Å². The van der Waals surface area contributed by atoms with Gasteiger partial charge in [0.15, 0.2) is 11.5 Å². The van der Waals surface area contributed by atoms with Crippen molar-refractivity contribution in [3.63, 3.8) is 0 Å². The third-order valence-corrected chi connectivity index (χ3v) is 2.61. The number of methoxy groups -OCH3 is 1. The van der Waals surface area contributed by atoms with Crippen LogP contribution in [-0.2, 0) is 4.79 Å². The predicted molar refractivity (Wildman–Crippen MR) is 69.6 cm³/mol. The van der Waals surface area contributed by atoms with Gasteiger partial charge >= 0.3 is 11.6 Å². The molecule has 5 heteroatoms. The molecule has 5 nitrogen and oxygen atoms in total. The second-order valence-corrected chi connectivity index (χ2v) is 3.87. The molecule has 0 saturated carbocycles. The highest BCUT2D eigenvalue weighted by atomic mass is 16.6. The van der Waals surface area contributed by atoms with E-state index < -0.39 is 11.6 Å². The first-order valence-electron chi connectivity index (χ1n) is 5.52. The summed E-state index contributed by atoms with van der Waals surface area (Å²) in [6.07, 6.45) is 1.06. The number of rotatable bonds is 3. The van der Waals surface area contributed by atoms with Crippen molar-refractivity contribution in [2.45, 2.75) is 6.92 Å². The first-order chi connectivity index (χ1) is 9.05. The van der Waals surface area contributed by atoms with E-state index in [1.165, 1.54) is 19.2 Å². The number of ether oxygens (including phenoxy) is 2. The van der Waals surface area contributed by atoms with Crippen LogP contribution in [0.5, 0.6) is 11.5 Å². The van der Waals surface area contributed by atoms with Crippen molar-refractivity contribution >= 4 is 16.9 Å². The van der Waals surface area contributed by atoms with E-state index in [4.69, 9.17) is 13.9 Å². The van der Waals surface area contributed by atoms with E-state index >= 15 is 0 Å². The zero-order valence-corrected chi connectivity index (χ0v) is 10.6. The molecule has 0 unspecified atom stereocenters. The highest BCUT2D eigenvalue weighted by Crippen LogP contribution is 2.33. The van der Waals surface area contributed by atoms with Crippen molar-refractivity contribution < 1.29 is 18.7 Å². The third-order valence-electron chi connectivity index (χ3n) is 2.61. The lowest BCUT2D eigenvalue weighted by Crippen LogP contribution is -2.05. The molecule has 0 atom stereocenters. The molecular weight excluding hydrogens is 248 g/mol. The summed E-state index contributed by atoms with van der Waals surface area (Å²) in [6, 6.07) is 4.47. The van der Waals surface area contributed by atoms with Gasteiger partial charge in [-0.05, 0) is 18.6 Å². The lowest BCUT2D eigenvalue weighted by molar-refractivity contribution is -0.129. The zero-order chi connectivity index (χ0) is 14.0. The van der Waals surface area contributed by atoms with Crippen LogP contribution in [0.2, 0.25) is 0 Å². The van der Waals surface area contributed by atoms with E-state index in [-0.39, 0.29) is 5.75 Å². The van der Waals surface area contributed by atoms with Gasteiger partial charge in [0, 0.05) is 23.6 Å². The molecule has 1 aromatic carbocycles. The van der Waals surface area contributed by atoms with E-state index in [1.807, 2.05) is 0 Å². The minimum absolute atomic E-state index is 0.247. The van der Waals surface area contributed by atoms with Crippen LogP contribution in [0.4, 0.5) is 0 Å². The molecule has 1 heterocycles. The number of benzene rings is 1. The minimum Gasteiger partial charge on any atom is -0.493 e. The van der Waals surface area contributed by atoms with Crippen LogP contribution in [0.25, 0.3) is 11.0 Å². The molecule has 0 aliphatic heterocycles. The maximum atomic E-state index is 11.3. The number of fused-ring (bicyclic) bond motifs is 1. The average molecular weight is 260 g/mol. The van der Waals surface area contributed by atoms with Gasteiger partial charge in [0.2, 0.25) is 0 Å². The molecule has 0 aliphatic rings. The quantitative estimate of drug-likeness (QED) is 0.366. The molecule has 0 radical (unpaired) electrons. The van der Waals surface area contributed by atoms with Crippen LogP contribution in [0, 0.1) is 6.92 Å². The Kier molecular flexibility index (Phi) is 3.37. The predicted octanol–water partition coefficient (Wildman–Crippen LogP) is 2.20. The van der Waals surface area contributed by atoms with Gasteiger partial charge in [-0.3, -0.25) is 0 Å². The lowest BCUT2D eigenvalue weighted by atomic mass is 10.1. The summed E-state index contributed by atoms with van der Waals surface area (Å²) in [4.78, 5) is 22.6. The summed E-state index contributed by atoms with van der Waals surface area (Å²) >= 11 is 0. The van der Waals surface area contributed by atoms with Gasteiger partial charge in [-0.15, -0.1) is 0 Å². The van der Waals surface area contributed by atoms with Gasteiger partial charge in [-0.25, -0.2) is 9.59 Å². The van der Waals surface area contributed by atoms with Crippen LogP contribution >= 0.6 is 0 Å². The standard InChI is InChI=1S/C14H12O5/c1-4-13(15)19-12-6-9-8(2)5-14(16)18-10(9)7-11(12)17-3/h4-7H,1H2,2-3H3. The smallest absolute Gasteiger partial charge is 0.336 e. The normalized spacial score (nSPS) is 10.2. The minimum atomic E-state index is -0.590. The topological polar surface area (TPSA) is 65.7 Å². The largest absolute Gasteiger partial charge is 0.493 e. The number of hydrogen-bond donors (Lipinski definition) is 0. The van der Waals surface area contributed by atoms with Crippen LogP contribution in [-0.4, -0.2) is 13.1 Å². The Labute approximate surface area is 109 Å². The molecule has 0 N–H and O–H groups in total. The Bertz CT molecular complexity index is 712. The van der Waals surface area contributed by atoms with Crippen molar-refractivity contribution in [2.24, 2.45) is 0 Å². The molecular formula is C14H12O5. The highest BCUT2D eigenvalue weighted by molar-refractivity contribution is 5.87. The summed E-state index contributed by atoms with van der Waals surface area (Å²) in [5.41, 5.74) is 0.660. The molecule has 98 valence electrons. The second kappa shape index (κ2) is 4.97. The molecule has 2 rings (SSSR count). The molecule has 0 fully saturated rings. The van der Waals surface area contributed by atoms with E-state index in [9.17, 15) is 9.59 Å². The summed E-state index contributed by atoms with van der Waals surface area (Å²) in [6.45, 7) is 5.10. The Morgan fingerprint density at radius 1 is 1.32 bits per heavy atom. The third kappa shape index (κ3) is 2.49. The summed E-state index contributed by atoms with van der Waals surface area (Å²) in [5.74, 6) is -0.0408. The first kappa shape index (κ1) is 12.9. The number of esters is 1. The molecule has 2 aromatic rings. The summed E-state index contributed by atoms with van der Waals surface area (Å²) in [7, 11) is 1.43. The molecule has 19 heavy (non-hydrogen) atoms. The van der Waals surface area contributed by atoms with Gasteiger partial charge in [0.05, 0.1) is 7.11 Å². The molecule has 0 saturated heterocycles. The molecule has 0 spiro atoms. The Morgan fingerprint density at radius 3 is 2.68 bits per heavy atom. The van der Waals surface area contributed by atoms with Gasteiger partial charge in [0.1, 0.15) is 5.58 Å². The fraction of sp³-hybridized carbons (Fsp3) is 0.143. The van der Waals surface area contributed by atoms with E-state index in [0.717, 1.165) is 11.6 Å². The summed E-state index contributed by atoms with van der Waals surface area (Å²) < 4.78 is 15.3. The zero-order valence-electron chi connectivity index (χ0n) is 10.6. The van der Waals surface area contributed by atoms with Crippen molar-refractivity contribution in [1.82, 2.24) is 0 Å². The highest BCUT2D eigenvalue weighted by Gasteiger charge is 2.12. The maximum Gasteiger partial charge on any atom is 0.336 e. The van der Waals surface area contributed by atoms with E-state index in [0.29, 0.717) is 16.7 Å². The lowest BCUT2D eigenvalue weighted by Gasteiger charge is -2.09. The summed E-state index contributed by atoms with van der Waals surface area (Å²) in [5, 5.41) is 0.673. The Balaban J connectivity index is 2.67. The van der Waals surface area contributed by atoms with Crippen molar-refractivity contribution in [3.05, 3.63) is 46.8 Å². The monoisotopic (exact) mass is 260 g/mol. The number of aryl methyl sites for hydroxylation is 1. The Hall–Kier alpha value is -2.56. The SMILES string of the molecule is C=CC(=O)Oc1cc2c(C)cc(=O)oc2cc1OC. The van der Waals surface area contributed by atoms with Crippen LogP contribution in [0.1, 0.15) is 5.56 Å². The first-order valence-corrected chi connectivity index (χ1v) is 5.52. The van der Waals surface area contributed by atoms with Crippen LogP contribution < -0.4 is 15.1 Å². The number of hydrogen-bond acceptors (Lipinski definition) is 5. The van der Waals surface area contributed by atoms with Gasteiger partial charge in [-0.1, -0.05) is 6.58 Å².